The second-order valence-electron chi connectivity index (χ2n) is 5.28. The molecule has 0 aliphatic rings. The van der Waals surface area contributed by atoms with Crippen molar-refractivity contribution < 1.29 is 9.53 Å². The number of carbonyl (C=O) groups excluding carboxylic acids is 1. The first kappa shape index (κ1) is 16.5. The van der Waals surface area contributed by atoms with E-state index in [0.29, 0.717) is 5.92 Å². The summed E-state index contributed by atoms with van der Waals surface area (Å²) in [7, 11) is 0. The highest BCUT2D eigenvalue weighted by molar-refractivity contribution is 5.81. The first-order chi connectivity index (χ1) is 11.1. The van der Waals surface area contributed by atoms with Crippen LogP contribution in [0.25, 0.3) is 0 Å². The molecule has 2 rings (SSSR count). The van der Waals surface area contributed by atoms with Crippen molar-refractivity contribution in [1.29, 1.82) is 0 Å². The average Bonchev–Trinajstić information content (AvgIpc) is 2.56. The molecule has 0 heterocycles. The number of hydrogen-bond donors (Lipinski definition) is 2. The van der Waals surface area contributed by atoms with Crippen LogP contribution >= 0.6 is 0 Å². The van der Waals surface area contributed by atoms with Crippen LogP contribution in [0.3, 0.4) is 0 Å². The number of hydrazone groups is 1. The van der Waals surface area contributed by atoms with E-state index in [-0.39, 0.29) is 0 Å². The summed E-state index contributed by atoms with van der Waals surface area (Å²) in [5, 5.41) is 3.70. The maximum absolute atomic E-state index is 10.5. The van der Waals surface area contributed by atoms with Crippen molar-refractivity contribution in [2.24, 2.45) is 10.8 Å². The number of nitrogens with one attached hydrogen (secondary N) is 1. The SMILES string of the molecule is CCC(C)c1ccc(Oc2ccc(C=NNC(N)=O)cc2)cc1. The number of nitrogens with zero attached hydrogens (tertiary/aromatic N) is 1. The molecule has 2 aromatic rings. The van der Waals surface area contributed by atoms with Gasteiger partial charge in [0.1, 0.15) is 11.5 Å². The van der Waals surface area contributed by atoms with Gasteiger partial charge in [-0.05, 0) is 59.9 Å². The van der Waals surface area contributed by atoms with Crippen molar-refractivity contribution in [1.82, 2.24) is 5.43 Å². The Balaban J connectivity index is 1.98. The van der Waals surface area contributed by atoms with Gasteiger partial charge in [-0.3, -0.25) is 0 Å². The maximum atomic E-state index is 10.5. The molecule has 0 saturated carbocycles. The molecule has 3 N–H and O–H groups in total. The number of rotatable bonds is 6. The van der Waals surface area contributed by atoms with E-state index in [9.17, 15) is 4.79 Å². The van der Waals surface area contributed by atoms with E-state index in [0.717, 1.165) is 23.5 Å². The van der Waals surface area contributed by atoms with E-state index in [1.54, 1.807) is 0 Å². The molecule has 1 unspecified atom stereocenters. The van der Waals surface area contributed by atoms with Crippen LogP contribution in [-0.2, 0) is 0 Å². The van der Waals surface area contributed by atoms with Gasteiger partial charge in [0, 0.05) is 0 Å². The van der Waals surface area contributed by atoms with Crippen molar-refractivity contribution in [2.75, 3.05) is 0 Å². The molecular weight excluding hydrogens is 290 g/mol. The van der Waals surface area contributed by atoms with Crippen molar-refractivity contribution >= 4 is 12.2 Å². The Morgan fingerprint density at radius 2 is 1.74 bits per heavy atom. The first-order valence-corrected chi connectivity index (χ1v) is 7.55. The van der Waals surface area contributed by atoms with Gasteiger partial charge in [0.05, 0.1) is 6.21 Å². The number of benzene rings is 2. The van der Waals surface area contributed by atoms with E-state index in [4.69, 9.17) is 10.5 Å². The molecule has 2 amide bonds. The van der Waals surface area contributed by atoms with Crippen LogP contribution in [-0.4, -0.2) is 12.2 Å². The van der Waals surface area contributed by atoms with Crippen LogP contribution in [0.15, 0.2) is 53.6 Å². The van der Waals surface area contributed by atoms with Crippen molar-refractivity contribution in [2.45, 2.75) is 26.2 Å². The maximum Gasteiger partial charge on any atom is 0.332 e. The topological polar surface area (TPSA) is 76.7 Å². The molecule has 0 fully saturated rings. The molecule has 1 atom stereocenters. The Labute approximate surface area is 136 Å². The molecule has 0 aliphatic carbocycles. The monoisotopic (exact) mass is 311 g/mol. The largest absolute Gasteiger partial charge is 0.457 e. The number of carbonyl (C=O) groups is 1. The van der Waals surface area contributed by atoms with Gasteiger partial charge in [-0.25, -0.2) is 10.2 Å². The van der Waals surface area contributed by atoms with E-state index in [1.165, 1.54) is 11.8 Å². The number of urea groups is 1. The number of ether oxygens (including phenoxy) is 1. The molecule has 5 nitrogen and oxygen atoms in total. The van der Waals surface area contributed by atoms with Gasteiger partial charge >= 0.3 is 6.03 Å². The lowest BCUT2D eigenvalue weighted by molar-refractivity contribution is 0.249. The predicted octanol–water partition coefficient (Wildman–Crippen LogP) is 3.99. The van der Waals surface area contributed by atoms with Crippen LogP contribution in [0.2, 0.25) is 0 Å². The van der Waals surface area contributed by atoms with Gasteiger partial charge in [0.15, 0.2) is 0 Å². The Bertz CT molecular complexity index is 664. The van der Waals surface area contributed by atoms with E-state index in [2.05, 4.69) is 36.5 Å². The van der Waals surface area contributed by atoms with E-state index >= 15 is 0 Å². The third-order valence-electron chi connectivity index (χ3n) is 3.57. The number of amides is 2. The van der Waals surface area contributed by atoms with Gasteiger partial charge in [0.25, 0.3) is 0 Å². The summed E-state index contributed by atoms with van der Waals surface area (Å²) in [5.74, 6) is 2.09. The minimum Gasteiger partial charge on any atom is -0.457 e. The van der Waals surface area contributed by atoms with Gasteiger partial charge in [-0.2, -0.15) is 5.10 Å². The van der Waals surface area contributed by atoms with Gasteiger partial charge in [0.2, 0.25) is 0 Å². The summed E-state index contributed by atoms with van der Waals surface area (Å²) < 4.78 is 5.81. The predicted molar refractivity (Wildman–Crippen MR) is 92.0 cm³/mol. The van der Waals surface area contributed by atoms with Gasteiger partial charge in [-0.15, -0.1) is 0 Å². The molecule has 120 valence electrons. The lowest BCUT2D eigenvalue weighted by Crippen LogP contribution is -2.24. The summed E-state index contributed by atoms with van der Waals surface area (Å²) in [4.78, 5) is 10.5. The van der Waals surface area contributed by atoms with Crippen LogP contribution in [0, 0.1) is 0 Å². The number of primary amides is 1. The molecule has 2 aromatic carbocycles. The smallest absolute Gasteiger partial charge is 0.332 e. The fourth-order valence-corrected chi connectivity index (χ4v) is 2.03. The van der Waals surface area contributed by atoms with Gasteiger partial charge in [-0.1, -0.05) is 26.0 Å². The fourth-order valence-electron chi connectivity index (χ4n) is 2.03. The fraction of sp³-hybridized carbons (Fsp3) is 0.222. The third-order valence-corrected chi connectivity index (χ3v) is 3.57. The highest BCUT2D eigenvalue weighted by Crippen LogP contribution is 2.25. The summed E-state index contributed by atoms with van der Waals surface area (Å²) in [6.07, 6.45) is 2.63. The average molecular weight is 311 g/mol. The summed E-state index contributed by atoms with van der Waals surface area (Å²) in [6, 6.07) is 14.8. The highest BCUT2D eigenvalue weighted by atomic mass is 16.5. The van der Waals surface area contributed by atoms with Crippen molar-refractivity contribution in [3.63, 3.8) is 0 Å². The van der Waals surface area contributed by atoms with Crippen LogP contribution in [0.1, 0.15) is 37.3 Å². The summed E-state index contributed by atoms with van der Waals surface area (Å²) >= 11 is 0. The molecule has 5 heteroatoms. The number of nitrogens with two attached hydrogens (primary N) is 1. The molecule has 0 saturated heterocycles. The van der Waals surface area contributed by atoms with Crippen molar-refractivity contribution in [3.05, 3.63) is 59.7 Å². The zero-order valence-electron chi connectivity index (χ0n) is 13.3. The quantitative estimate of drug-likeness (QED) is 0.625. The normalized spacial score (nSPS) is 12.1. The molecule has 23 heavy (non-hydrogen) atoms. The molecule has 0 aromatic heterocycles. The first-order valence-electron chi connectivity index (χ1n) is 7.55. The van der Waals surface area contributed by atoms with Crippen molar-refractivity contribution in [3.8, 4) is 11.5 Å². The number of hydrogen-bond acceptors (Lipinski definition) is 3. The minimum absolute atomic E-state index is 0.552. The third kappa shape index (κ3) is 5.14. The summed E-state index contributed by atoms with van der Waals surface area (Å²) in [6.45, 7) is 4.39. The minimum atomic E-state index is -0.693. The molecule has 0 aliphatic heterocycles. The molecule has 0 bridgehead atoms. The van der Waals surface area contributed by atoms with Gasteiger partial charge < -0.3 is 10.5 Å². The second kappa shape index (κ2) is 7.98. The Morgan fingerprint density at radius 3 is 2.26 bits per heavy atom. The second-order valence-corrected chi connectivity index (χ2v) is 5.28. The Morgan fingerprint density at radius 1 is 1.17 bits per heavy atom. The van der Waals surface area contributed by atoms with Crippen LogP contribution in [0.5, 0.6) is 11.5 Å². The highest BCUT2D eigenvalue weighted by Gasteiger charge is 2.03. The van der Waals surface area contributed by atoms with E-state index < -0.39 is 6.03 Å². The lowest BCUT2D eigenvalue weighted by atomic mass is 9.99. The Hall–Kier alpha value is -2.82. The summed E-state index contributed by atoms with van der Waals surface area (Å²) in [5.41, 5.74) is 9.21. The molecule has 0 radical (unpaired) electrons. The Kier molecular flexibility index (Phi) is 5.74. The molecular formula is C18H21N3O2. The van der Waals surface area contributed by atoms with E-state index in [1.807, 2.05) is 36.4 Å². The lowest BCUT2D eigenvalue weighted by Gasteiger charge is -2.10. The standard InChI is InChI=1S/C18H21N3O2/c1-3-13(2)15-6-10-17(11-7-15)23-16-8-4-14(5-9-16)12-20-21-18(19)22/h4-13H,3H2,1-2H3,(H3,19,21,22). The molecule has 0 spiro atoms. The zero-order chi connectivity index (χ0) is 16.7. The van der Waals surface area contributed by atoms with Crippen LogP contribution < -0.4 is 15.9 Å². The van der Waals surface area contributed by atoms with Crippen LogP contribution in [0.4, 0.5) is 4.79 Å². The zero-order valence-corrected chi connectivity index (χ0v) is 13.3.